The Hall–Kier alpha value is -0.850. The fourth-order valence-corrected chi connectivity index (χ4v) is 4.44. The molecule has 0 radical (unpaired) electrons. The largest absolute Gasteiger partial charge is 0.207 e. The third-order valence-corrected chi connectivity index (χ3v) is 6.15. The van der Waals surface area contributed by atoms with Gasteiger partial charge in [-0.2, -0.15) is 0 Å². The van der Waals surface area contributed by atoms with Gasteiger partial charge in [0.05, 0.1) is 0 Å². The molecule has 1 saturated carbocycles. The summed E-state index contributed by atoms with van der Waals surface area (Å²) in [4.78, 5) is 0. The highest BCUT2D eigenvalue weighted by Gasteiger charge is 2.21. The molecule has 25 heavy (non-hydrogen) atoms. The SMILES string of the molecule is CCCCCCCCCCCCC1CCC(c2ccc(F)cc2)CC1. The number of hydrogen-bond donors (Lipinski definition) is 0. The van der Waals surface area contributed by atoms with Crippen LogP contribution in [0.2, 0.25) is 0 Å². The first-order valence-electron chi connectivity index (χ1n) is 11.0. The van der Waals surface area contributed by atoms with Gasteiger partial charge >= 0.3 is 0 Å². The van der Waals surface area contributed by atoms with Crippen LogP contribution in [0.3, 0.4) is 0 Å². The van der Waals surface area contributed by atoms with Crippen LogP contribution in [0.15, 0.2) is 24.3 Å². The van der Waals surface area contributed by atoms with E-state index in [0.29, 0.717) is 5.92 Å². The van der Waals surface area contributed by atoms with Gasteiger partial charge in [-0.1, -0.05) is 89.7 Å². The van der Waals surface area contributed by atoms with Crippen LogP contribution in [0.1, 0.15) is 115 Å². The molecule has 0 bridgehead atoms. The van der Waals surface area contributed by atoms with E-state index in [1.165, 1.54) is 102 Å². The zero-order valence-electron chi connectivity index (χ0n) is 16.4. The van der Waals surface area contributed by atoms with E-state index >= 15 is 0 Å². The van der Waals surface area contributed by atoms with Gasteiger partial charge in [-0.3, -0.25) is 0 Å². The second kappa shape index (κ2) is 12.5. The summed E-state index contributed by atoms with van der Waals surface area (Å²) in [5.74, 6) is 1.51. The molecule has 0 saturated heterocycles. The van der Waals surface area contributed by atoms with Gasteiger partial charge in [-0.05, 0) is 55.2 Å². The first-order chi connectivity index (χ1) is 12.3. The van der Waals surface area contributed by atoms with E-state index in [9.17, 15) is 4.39 Å². The number of rotatable bonds is 12. The van der Waals surface area contributed by atoms with Crippen LogP contribution in [0.5, 0.6) is 0 Å². The fourth-order valence-electron chi connectivity index (χ4n) is 4.44. The fraction of sp³-hybridized carbons (Fsp3) is 0.750. The molecule has 1 aliphatic carbocycles. The second-order valence-electron chi connectivity index (χ2n) is 8.24. The molecule has 0 aromatic heterocycles. The van der Waals surface area contributed by atoms with Gasteiger partial charge in [0, 0.05) is 0 Å². The molecule has 1 heteroatoms. The standard InChI is InChI=1S/C24H39F/c1-2-3-4-5-6-7-8-9-10-11-12-21-13-15-22(16-14-21)23-17-19-24(25)20-18-23/h17-22H,2-16H2,1H3. The van der Waals surface area contributed by atoms with Crippen molar-refractivity contribution in [2.24, 2.45) is 5.92 Å². The van der Waals surface area contributed by atoms with Crippen LogP contribution in [0.25, 0.3) is 0 Å². The molecule has 1 aromatic carbocycles. The molecule has 0 atom stereocenters. The highest BCUT2D eigenvalue weighted by Crippen LogP contribution is 2.37. The van der Waals surface area contributed by atoms with E-state index in [1.54, 1.807) is 12.1 Å². The summed E-state index contributed by atoms with van der Waals surface area (Å²) in [6.07, 6.45) is 21.1. The summed E-state index contributed by atoms with van der Waals surface area (Å²) in [6.45, 7) is 2.29. The highest BCUT2D eigenvalue weighted by molar-refractivity contribution is 5.20. The number of benzene rings is 1. The molecule has 142 valence electrons. The molecule has 0 unspecified atom stereocenters. The monoisotopic (exact) mass is 346 g/mol. The average Bonchev–Trinajstić information content (AvgIpc) is 2.64. The molecule has 0 spiro atoms. The molecular formula is C24H39F. The molecule has 0 heterocycles. The van der Waals surface area contributed by atoms with E-state index in [0.717, 1.165) is 5.92 Å². The number of unbranched alkanes of at least 4 members (excludes halogenated alkanes) is 9. The lowest BCUT2D eigenvalue weighted by atomic mass is 9.77. The van der Waals surface area contributed by atoms with E-state index in [-0.39, 0.29) is 5.82 Å². The van der Waals surface area contributed by atoms with Gasteiger partial charge in [0.15, 0.2) is 0 Å². The number of halogens is 1. The minimum atomic E-state index is -0.113. The lowest BCUT2D eigenvalue weighted by Crippen LogP contribution is -2.13. The molecule has 1 aromatic rings. The Morgan fingerprint density at radius 1 is 0.720 bits per heavy atom. The van der Waals surface area contributed by atoms with Crippen molar-refractivity contribution in [1.29, 1.82) is 0 Å². The van der Waals surface area contributed by atoms with Crippen molar-refractivity contribution < 1.29 is 4.39 Å². The zero-order chi connectivity index (χ0) is 17.7. The molecular weight excluding hydrogens is 307 g/mol. The van der Waals surface area contributed by atoms with Crippen LogP contribution in [0, 0.1) is 11.7 Å². The Morgan fingerprint density at radius 2 is 1.24 bits per heavy atom. The molecule has 1 fully saturated rings. The second-order valence-corrected chi connectivity index (χ2v) is 8.24. The summed E-state index contributed by atoms with van der Waals surface area (Å²) in [7, 11) is 0. The average molecular weight is 347 g/mol. The van der Waals surface area contributed by atoms with E-state index < -0.39 is 0 Å². The Bertz CT molecular complexity index is 428. The molecule has 0 nitrogen and oxygen atoms in total. The predicted octanol–water partition coefficient (Wildman–Crippen LogP) is 8.41. The Morgan fingerprint density at radius 3 is 1.80 bits per heavy atom. The maximum absolute atomic E-state index is 13.0. The van der Waals surface area contributed by atoms with E-state index in [4.69, 9.17) is 0 Å². The van der Waals surface area contributed by atoms with Crippen molar-refractivity contribution in [2.75, 3.05) is 0 Å². The summed E-state index contributed by atoms with van der Waals surface area (Å²) >= 11 is 0. The van der Waals surface area contributed by atoms with Gasteiger partial charge in [-0.15, -0.1) is 0 Å². The summed E-state index contributed by atoms with van der Waals surface area (Å²) in [6, 6.07) is 7.21. The van der Waals surface area contributed by atoms with Gasteiger partial charge in [0.2, 0.25) is 0 Å². The van der Waals surface area contributed by atoms with Crippen molar-refractivity contribution >= 4 is 0 Å². The smallest absolute Gasteiger partial charge is 0.123 e. The van der Waals surface area contributed by atoms with Crippen LogP contribution in [-0.2, 0) is 0 Å². The van der Waals surface area contributed by atoms with Crippen LogP contribution >= 0.6 is 0 Å². The lowest BCUT2D eigenvalue weighted by molar-refractivity contribution is 0.301. The topological polar surface area (TPSA) is 0 Å². The third kappa shape index (κ3) is 8.38. The van der Waals surface area contributed by atoms with Crippen molar-refractivity contribution in [3.63, 3.8) is 0 Å². The summed E-state index contributed by atoms with van der Waals surface area (Å²) < 4.78 is 13.0. The predicted molar refractivity (Wildman–Crippen MR) is 108 cm³/mol. The Balaban J connectivity index is 1.45. The molecule has 1 aliphatic rings. The molecule has 2 rings (SSSR count). The maximum Gasteiger partial charge on any atom is 0.123 e. The molecule has 0 N–H and O–H groups in total. The zero-order valence-corrected chi connectivity index (χ0v) is 16.4. The van der Waals surface area contributed by atoms with Crippen molar-refractivity contribution in [3.8, 4) is 0 Å². The van der Waals surface area contributed by atoms with Crippen LogP contribution < -0.4 is 0 Å². The first-order valence-corrected chi connectivity index (χ1v) is 11.0. The Labute approximate surface area is 155 Å². The van der Waals surface area contributed by atoms with E-state index in [1.807, 2.05) is 12.1 Å². The van der Waals surface area contributed by atoms with Gasteiger partial charge in [-0.25, -0.2) is 4.39 Å². The lowest BCUT2D eigenvalue weighted by Gasteiger charge is -2.28. The summed E-state index contributed by atoms with van der Waals surface area (Å²) in [5, 5.41) is 0. The van der Waals surface area contributed by atoms with Crippen molar-refractivity contribution in [2.45, 2.75) is 109 Å². The third-order valence-electron chi connectivity index (χ3n) is 6.15. The molecule has 0 aliphatic heterocycles. The first kappa shape index (κ1) is 20.5. The van der Waals surface area contributed by atoms with Crippen molar-refractivity contribution in [1.82, 2.24) is 0 Å². The highest BCUT2D eigenvalue weighted by atomic mass is 19.1. The van der Waals surface area contributed by atoms with Gasteiger partial charge < -0.3 is 0 Å². The normalized spacial score (nSPS) is 20.7. The number of hydrogen-bond acceptors (Lipinski definition) is 0. The van der Waals surface area contributed by atoms with Crippen molar-refractivity contribution in [3.05, 3.63) is 35.6 Å². The minimum absolute atomic E-state index is 0.113. The van der Waals surface area contributed by atoms with Crippen LogP contribution in [-0.4, -0.2) is 0 Å². The maximum atomic E-state index is 13.0. The van der Waals surface area contributed by atoms with Crippen LogP contribution in [0.4, 0.5) is 4.39 Å². The summed E-state index contributed by atoms with van der Waals surface area (Å²) in [5.41, 5.74) is 1.35. The van der Waals surface area contributed by atoms with E-state index in [2.05, 4.69) is 6.92 Å². The minimum Gasteiger partial charge on any atom is -0.207 e. The quantitative estimate of drug-likeness (QED) is 0.333. The van der Waals surface area contributed by atoms with Gasteiger partial charge in [0.1, 0.15) is 5.82 Å². The van der Waals surface area contributed by atoms with Gasteiger partial charge in [0.25, 0.3) is 0 Å². The Kier molecular flexibility index (Phi) is 10.2. The molecule has 0 amide bonds.